The Kier molecular flexibility index (Phi) is 7.10. The first kappa shape index (κ1) is 15.6. The molecule has 0 saturated carbocycles. The van der Waals surface area contributed by atoms with Crippen molar-refractivity contribution < 1.29 is 19.7 Å². The van der Waals surface area contributed by atoms with Crippen molar-refractivity contribution in [1.82, 2.24) is 5.32 Å². The lowest BCUT2D eigenvalue weighted by Crippen LogP contribution is -2.37. The summed E-state index contributed by atoms with van der Waals surface area (Å²) in [4.78, 5) is 11.2. The zero-order valence-corrected chi connectivity index (χ0v) is 11.1. The maximum atomic E-state index is 11.2. The molecule has 1 aromatic carbocycles. The van der Waals surface area contributed by atoms with Gasteiger partial charge in [0.15, 0.2) is 0 Å². The minimum atomic E-state index is -0.725. The Morgan fingerprint density at radius 3 is 2.63 bits per heavy atom. The molecule has 1 aromatic rings. The van der Waals surface area contributed by atoms with Gasteiger partial charge in [0.2, 0.25) is 0 Å². The largest absolute Gasteiger partial charge is 0.469 e. The molecule has 3 N–H and O–H groups in total. The van der Waals surface area contributed by atoms with Crippen LogP contribution in [-0.2, 0) is 9.53 Å². The summed E-state index contributed by atoms with van der Waals surface area (Å²) in [6.07, 6.45) is -0.0518. The van der Waals surface area contributed by atoms with Gasteiger partial charge >= 0.3 is 5.97 Å². The molecule has 0 aliphatic carbocycles. The van der Waals surface area contributed by atoms with Gasteiger partial charge in [-0.05, 0) is 12.0 Å². The van der Waals surface area contributed by atoms with E-state index in [9.17, 15) is 9.90 Å². The van der Waals surface area contributed by atoms with Crippen molar-refractivity contribution in [2.45, 2.75) is 25.0 Å². The Morgan fingerprint density at radius 1 is 1.37 bits per heavy atom. The van der Waals surface area contributed by atoms with E-state index in [4.69, 9.17) is 5.11 Å². The second-order valence-electron chi connectivity index (χ2n) is 4.25. The summed E-state index contributed by atoms with van der Waals surface area (Å²) in [5, 5.41) is 22.2. The summed E-state index contributed by atoms with van der Waals surface area (Å²) < 4.78 is 4.59. The van der Waals surface area contributed by atoms with Crippen molar-refractivity contribution in [2.24, 2.45) is 0 Å². The minimum Gasteiger partial charge on any atom is -0.469 e. The van der Waals surface area contributed by atoms with Crippen molar-refractivity contribution in [3.63, 3.8) is 0 Å². The van der Waals surface area contributed by atoms with Crippen molar-refractivity contribution in [2.75, 3.05) is 20.3 Å². The third-order valence-corrected chi connectivity index (χ3v) is 2.93. The molecule has 106 valence electrons. The number of methoxy groups -OCH3 is 1. The molecule has 0 radical (unpaired) electrons. The first-order chi connectivity index (χ1) is 9.19. The second-order valence-corrected chi connectivity index (χ2v) is 4.25. The zero-order valence-electron chi connectivity index (χ0n) is 11.1. The molecule has 0 spiro atoms. The number of aliphatic hydroxyl groups is 2. The summed E-state index contributed by atoms with van der Waals surface area (Å²) in [6.45, 7) is 0.353. The van der Waals surface area contributed by atoms with Gasteiger partial charge < -0.3 is 20.3 Å². The van der Waals surface area contributed by atoms with Crippen LogP contribution in [-0.4, -0.2) is 42.5 Å². The Morgan fingerprint density at radius 2 is 2.05 bits per heavy atom. The number of nitrogens with one attached hydrogen (secondary N) is 1. The summed E-state index contributed by atoms with van der Waals surface area (Å²) in [5.41, 5.74) is 0.780. The van der Waals surface area contributed by atoms with Crippen molar-refractivity contribution in [3.05, 3.63) is 35.9 Å². The lowest BCUT2D eigenvalue weighted by Gasteiger charge is -2.24. The highest BCUT2D eigenvalue weighted by Crippen LogP contribution is 2.19. The number of aliphatic hydroxyl groups excluding tert-OH is 2. The van der Waals surface area contributed by atoms with Gasteiger partial charge in [0, 0.05) is 19.0 Å². The van der Waals surface area contributed by atoms with Crippen LogP contribution in [0, 0.1) is 0 Å². The fraction of sp³-hybridized carbons (Fsp3) is 0.500. The Hall–Kier alpha value is -1.43. The molecular formula is C14H21NO4. The van der Waals surface area contributed by atoms with Gasteiger partial charge in [0.05, 0.1) is 19.8 Å². The van der Waals surface area contributed by atoms with E-state index < -0.39 is 6.10 Å². The standard InChI is InChI=1S/C14H21NO4/c1-19-13(17)8-7-12(15-9-10-16)14(18)11-5-3-2-4-6-11/h2-6,12,14-16,18H,7-10H2,1H3. The van der Waals surface area contributed by atoms with Gasteiger partial charge in [-0.15, -0.1) is 0 Å². The third-order valence-electron chi connectivity index (χ3n) is 2.93. The SMILES string of the molecule is COC(=O)CCC(NCCO)C(O)c1ccccc1. The Balaban J connectivity index is 2.64. The molecule has 0 aromatic heterocycles. The summed E-state index contributed by atoms with van der Waals surface area (Å²) in [6, 6.07) is 8.94. The number of esters is 1. The van der Waals surface area contributed by atoms with Crippen LogP contribution in [0.3, 0.4) is 0 Å². The number of rotatable bonds is 8. The molecule has 2 unspecified atom stereocenters. The first-order valence-electron chi connectivity index (χ1n) is 6.33. The molecule has 0 bridgehead atoms. The van der Waals surface area contributed by atoms with Crippen LogP contribution in [0.1, 0.15) is 24.5 Å². The molecule has 0 aliphatic rings. The van der Waals surface area contributed by atoms with Crippen LogP contribution in [0.15, 0.2) is 30.3 Å². The van der Waals surface area contributed by atoms with E-state index in [0.717, 1.165) is 5.56 Å². The van der Waals surface area contributed by atoms with Gasteiger partial charge in [-0.2, -0.15) is 0 Å². The molecule has 0 aliphatic heterocycles. The topological polar surface area (TPSA) is 78.8 Å². The fourth-order valence-corrected chi connectivity index (χ4v) is 1.88. The maximum absolute atomic E-state index is 11.2. The quantitative estimate of drug-likeness (QED) is 0.602. The van der Waals surface area contributed by atoms with Crippen LogP contribution in [0.4, 0.5) is 0 Å². The van der Waals surface area contributed by atoms with Gasteiger partial charge in [-0.1, -0.05) is 30.3 Å². The van der Waals surface area contributed by atoms with Crippen LogP contribution >= 0.6 is 0 Å². The van der Waals surface area contributed by atoms with Gasteiger partial charge in [-0.25, -0.2) is 0 Å². The molecule has 0 heterocycles. The highest BCUT2D eigenvalue weighted by Gasteiger charge is 2.21. The summed E-state index contributed by atoms with van der Waals surface area (Å²) in [7, 11) is 1.34. The number of benzene rings is 1. The van der Waals surface area contributed by atoms with E-state index in [1.165, 1.54) is 7.11 Å². The summed E-state index contributed by atoms with van der Waals surface area (Å²) >= 11 is 0. The predicted molar refractivity (Wildman–Crippen MR) is 71.5 cm³/mol. The van der Waals surface area contributed by atoms with Crippen molar-refractivity contribution >= 4 is 5.97 Å². The molecule has 5 nitrogen and oxygen atoms in total. The average Bonchev–Trinajstić information content (AvgIpc) is 2.47. The van der Waals surface area contributed by atoms with Crippen molar-refractivity contribution in [1.29, 1.82) is 0 Å². The maximum Gasteiger partial charge on any atom is 0.305 e. The predicted octanol–water partition coefficient (Wildman–Crippen LogP) is 0.624. The van der Waals surface area contributed by atoms with Gasteiger partial charge in [-0.3, -0.25) is 4.79 Å². The van der Waals surface area contributed by atoms with E-state index in [-0.39, 0.29) is 25.0 Å². The van der Waals surface area contributed by atoms with E-state index in [2.05, 4.69) is 10.1 Å². The van der Waals surface area contributed by atoms with Crippen LogP contribution < -0.4 is 5.32 Å². The Labute approximate surface area is 113 Å². The number of hydrogen-bond donors (Lipinski definition) is 3. The van der Waals surface area contributed by atoms with Crippen LogP contribution in [0.25, 0.3) is 0 Å². The van der Waals surface area contributed by atoms with Crippen molar-refractivity contribution in [3.8, 4) is 0 Å². The molecule has 0 saturated heterocycles. The Bertz CT molecular complexity index is 369. The van der Waals surface area contributed by atoms with E-state index in [1.54, 1.807) is 0 Å². The number of ether oxygens (including phenoxy) is 1. The van der Waals surface area contributed by atoms with E-state index >= 15 is 0 Å². The molecule has 0 amide bonds. The highest BCUT2D eigenvalue weighted by atomic mass is 16.5. The number of carbonyl (C=O) groups is 1. The smallest absolute Gasteiger partial charge is 0.305 e. The molecule has 2 atom stereocenters. The third kappa shape index (κ3) is 5.38. The zero-order chi connectivity index (χ0) is 14.1. The lowest BCUT2D eigenvalue weighted by atomic mass is 9.98. The molecule has 0 fully saturated rings. The first-order valence-corrected chi connectivity index (χ1v) is 6.33. The molecular weight excluding hydrogens is 246 g/mol. The van der Waals surface area contributed by atoms with Crippen LogP contribution in [0.2, 0.25) is 0 Å². The van der Waals surface area contributed by atoms with Crippen LogP contribution in [0.5, 0.6) is 0 Å². The normalized spacial score (nSPS) is 13.8. The van der Waals surface area contributed by atoms with Gasteiger partial charge in [0.25, 0.3) is 0 Å². The lowest BCUT2D eigenvalue weighted by molar-refractivity contribution is -0.141. The van der Waals surface area contributed by atoms with E-state index in [1.807, 2.05) is 30.3 Å². The minimum absolute atomic E-state index is 0.0176. The van der Waals surface area contributed by atoms with E-state index in [0.29, 0.717) is 13.0 Å². The van der Waals surface area contributed by atoms with Gasteiger partial charge in [0.1, 0.15) is 0 Å². The fourth-order valence-electron chi connectivity index (χ4n) is 1.88. The molecule has 19 heavy (non-hydrogen) atoms. The average molecular weight is 267 g/mol. The molecule has 5 heteroatoms. The monoisotopic (exact) mass is 267 g/mol. The summed E-state index contributed by atoms with van der Waals surface area (Å²) in [5.74, 6) is -0.309. The second kappa shape index (κ2) is 8.63. The number of hydrogen-bond acceptors (Lipinski definition) is 5. The highest BCUT2D eigenvalue weighted by molar-refractivity contribution is 5.69. The number of carbonyl (C=O) groups excluding carboxylic acids is 1. The molecule has 1 rings (SSSR count).